The summed E-state index contributed by atoms with van der Waals surface area (Å²) in [5, 5.41) is 9.16. The Morgan fingerprint density at radius 3 is 2.39 bits per heavy atom. The van der Waals surface area contributed by atoms with Gasteiger partial charge in [-0.15, -0.1) is 5.10 Å². The van der Waals surface area contributed by atoms with Crippen molar-refractivity contribution < 1.29 is 4.79 Å². The van der Waals surface area contributed by atoms with Crippen LogP contribution in [0.5, 0.6) is 0 Å². The number of anilines is 1. The minimum absolute atomic E-state index is 0.106. The Hall–Kier alpha value is -0.730. The van der Waals surface area contributed by atoms with E-state index in [1.165, 1.54) is 0 Å². The first-order chi connectivity index (χ1) is 8.47. The molecule has 1 heterocycles. The summed E-state index contributed by atoms with van der Waals surface area (Å²) < 4.78 is 2.40. The molecule has 2 N–H and O–H groups in total. The smallest absolute Gasteiger partial charge is 0.295 e. The molecule has 0 aliphatic carbocycles. The maximum atomic E-state index is 11.9. The fourth-order valence-corrected chi connectivity index (χ4v) is 3.73. The van der Waals surface area contributed by atoms with E-state index in [1.54, 1.807) is 6.92 Å². The molecule has 5 nitrogen and oxygen atoms in total. The fourth-order valence-electron chi connectivity index (χ4n) is 1.28. The lowest BCUT2D eigenvalue weighted by Gasteiger charge is -2.08. The van der Waals surface area contributed by atoms with E-state index >= 15 is 0 Å². The molecule has 0 radical (unpaired) electrons. The molecule has 0 saturated carbocycles. The number of nitrogens with one attached hydrogen (secondary N) is 2. The average Bonchev–Trinajstić information content (AvgIpc) is 2.70. The Morgan fingerprint density at radius 1 is 1.28 bits per heavy atom. The number of benzene rings is 1. The molecule has 0 aliphatic heterocycles. The van der Waals surface area contributed by atoms with Crippen molar-refractivity contribution in [1.29, 1.82) is 0 Å². The number of rotatable bonds is 2. The Kier molecular flexibility index (Phi) is 4.18. The molecule has 8 heteroatoms. The SMILES string of the molecule is Cc1nc(C(=O)Nc2c(Br)cc(Br)cc2Br)n[nH]1. The summed E-state index contributed by atoms with van der Waals surface area (Å²) in [6.07, 6.45) is 0. The predicted molar refractivity (Wildman–Crippen MR) is 78.6 cm³/mol. The highest BCUT2D eigenvalue weighted by atomic mass is 79.9. The lowest BCUT2D eigenvalue weighted by Crippen LogP contribution is -2.14. The number of carbonyl (C=O) groups excluding carboxylic acids is 1. The predicted octanol–water partition coefficient (Wildman–Crippen LogP) is 3.65. The van der Waals surface area contributed by atoms with Crippen LogP contribution in [0.15, 0.2) is 25.6 Å². The van der Waals surface area contributed by atoms with Gasteiger partial charge >= 0.3 is 0 Å². The van der Waals surface area contributed by atoms with Gasteiger partial charge in [0.25, 0.3) is 5.91 Å². The van der Waals surface area contributed by atoms with Crippen LogP contribution < -0.4 is 5.32 Å². The molecule has 0 bridgehead atoms. The molecule has 1 aromatic heterocycles. The summed E-state index contributed by atoms with van der Waals surface area (Å²) in [5.41, 5.74) is 0.630. The molecule has 1 amide bonds. The molecule has 18 heavy (non-hydrogen) atoms. The van der Waals surface area contributed by atoms with Crippen LogP contribution in [0.25, 0.3) is 0 Å². The van der Waals surface area contributed by atoms with Crippen LogP contribution in [0.2, 0.25) is 0 Å². The Bertz CT molecular complexity index is 588. The van der Waals surface area contributed by atoms with E-state index in [9.17, 15) is 4.79 Å². The molecule has 2 aromatic rings. The number of hydrogen-bond donors (Lipinski definition) is 2. The van der Waals surface area contributed by atoms with Gasteiger partial charge < -0.3 is 5.32 Å². The number of halogens is 3. The lowest BCUT2D eigenvalue weighted by atomic mass is 10.3. The van der Waals surface area contributed by atoms with Crippen LogP contribution in [0.1, 0.15) is 16.4 Å². The monoisotopic (exact) mass is 436 g/mol. The maximum absolute atomic E-state index is 11.9. The number of aromatic nitrogens is 3. The largest absolute Gasteiger partial charge is 0.317 e. The van der Waals surface area contributed by atoms with Gasteiger partial charge in [0.15, 0.2) is 0 Å². The fraction of sp³-hybridized carbons (Fsp3) is 0.100. The third-order valence-electron chi connectivity index (χ3n) is 2.05. The second-order valence-corrected chi connectivity index (χ2v) is 6.07. The average molecular weight is 439 g/mol. The lowest BCUT2D eigenvalue weighted by molar-refractivity contribution is 0.101. The van der Waals surface area contributed by atoms with E-state index in [0.29, 0.717) is 11.5 Å². The summed E-state index contributed by atoms with van der Waals surface area (Å²) in [4.78, 5) is 15.9. The van der Waals surface area contributed by atoms with Crippen LogP contribution >= 0.6 is 47.8 Å². The van der Waals surface area contributed by atoms with Gasteiger partial charge in [-0.2, -0.15) is 0 Å². The van der Waals surface area contributed by atoms with E-state index in [1.807, 2.05) is 12.1 Å². The Morgan fingerprint density at radius 2 is 1.89 bits per heavy atom. The van der Waals surface area contributed by atoms with Crippen LogP contribution in [0, 0.1) is 6.92 Å². The number of H-pyrrole nitrogens is 1. The van der Waals surface area contributed by atoms with E-state index in [2.05, 4.69) is 68.3 Å². The van der Waals surface area contributed by atoms with E-state index in [-0.39, 0.29) is 11.7 Å². The van der Waals surface area contributed by atoms with Crippen LogP contribution in [0.3, 0.4) is 0 Å². The van der Waals surface area contributed by atoms with Gasteiger partial charge in [0.2, 0.25) is 5.82 Å². The van der Waals surface area contributed by atoms with E-state index in [0.717, 1.165) is 13.4 Å². The zero-order valence-electron chi connectivity index (χ0n) is 9.09. The third-order valence-corrected chi connectivity index (χ3v) is 3.75. The molecule has 0 unspecified atom stereocenters. The number of aryl methyl sites for hydroxylation is 1. The van der Waals surface area contributed by atoms with Crippen molar-refractivity contribution in [3.8, 4) is 0 Å². The zero-order chi connectivity index (χ0) is 13.3. The molecule has 94 valence electrons. The molecule has 0 aliphatic rings. The zero-order valence-corrected chi connectivity index (χ0v) is 13.8. The highest BCUT2D eigenvalue weighted by molar-refractivity contribution is 9.11. The molecule has 1 aromatic carbocycles. The number of amides is 1. The molecular formula is C10H7Br3N4O. The van der Waals surface area contributed by atoms with Crippen molar-refractivity contribution in [2.24, 2.45) is 0 Å². The summed E-state index contributed by atoms with van der Waals surface area (Å²) in [6.45, 7) is 1.73. The van der Waals surface area contributed by atoms with Gasteiger partial charge in [0.05, 0.1) is 5.69 Å². The highest BCUT2D eigenvalue weighted by Gasteiger charge is 2.15. The molecule has 0 atom stereocenters. The summed E-state index contributed by atoms with van der Waals surface area (Å²) in [7, 11) is 0. The van der Waals surface area contributed by atoms with Crippen molar-refractivity contribution in [2.75, 3.05) is 5.32 Å². The molecule has 2 rings (SSSR count). The number of hydrogen-bond acceptors (Lipinski definition) is 3. The maximum Gasteiger partial charge on any atom is 0.295 e. The van der Waals surface area contributed by atoms with Gasteiger partial charge in [0.1, 0.15) is 5.82 Å². The van der Waals surface area contributed by atoms with Crippen molar-refractivity contribution in [1.82, 2.24) is 15.2 Å². The first-order valence-electron chi connectivity index (χ1n) is 4.82. The second kappa shape index (κ2) is 5.50. The third kappa shape index (κ3) is 2.99. The Labute approximate surface area is 128 Å². The van der Waals surface area contributed by atoms with Gasteiger partial charge in [-0.1, -0.05) is 15.9 Å². The van der Waals surface area contributed by atoms with E-state index in [4.69, 9.17) is 0 Å². The normalized spacial score (nSPS) is 10.4. The standard InChI is InChI=1S/C10H7Br3N4O/c1-4-14-9(17-16-4)10(18)15-8-6(12)2-5(11)3-7(8)13/h2-3H,1H3,(H,15,18)(H,14,16,17). The van der Waals surface area contributed by atoms with Gasteiger partial charge in [0, 0.05) is 13.4 Å². The van der Waals surface area contributed by atoms with Crippen molar-refractivity contribution in [3.05, 3.63) is 37.2 Å². The first-order valence-corrected chi connectivity index (χ1v) is 7.20. The number of carbonyl (C=O) groups is 1. The molecule has 0 fully saturated rings. The minimum atomic E-state index is -0.372. The summed E-state index contributed by atoms with van der Waals surface area (Å²) in [6, 6.07) is 3.67. The van der Waals surface area contributed by atoms with Crippen LogP contribution in [-0.4, -0.2) is 21.1 Å². The molecule has 0 saturated heterocycles. The van der Waals surface area contributed by atoms with E-state index < -0.39 is 0 Å². The van der Waals surface area contributed by atoms with Crippen LogP contribution in [0.4, 0.5) is 5.69 Å². The van der Waals surface area contributed by atoms with Crippen LogP contribution in [-0.2, 0) is 0 Å². The minimum Gasteiger partial charge on any atom is -0.317 e. The topological polar surface area (TPSA) is 70.7 Å². The van der Waals surface area contributed by atoms with Crippen molar-refractivity contribution >= 4 is 59.4 Å². The van der Waals surface area contributed by atoms with Gasteiger partial charge in [-0.05, 0) is 50.9 Å². The first kappa shape index (κ1) is 13.7. The van der Waals surface area contributed by atoms with Gasteiger partial charge in [-0.3, -0.25) is 9.89 Å². The van der Waals surface area contributed by atoms with Crippen molar-refractivity contribution in [3.63, 3.8) is 0 Å². The quantitative estimate of drug-likeness (QED) is 0.751. The summed E-state index contributed by atoms with van der Waals surface area (Å²) in [5.74, 6) is 0.325. The number of nitrogens with zero attached hydrogens (tertiary/aromatic N) is 2. The summed E-state index contributed by atoms with van der Waals surface area (Å²) >= 11 is 10.1. The second-order valence-electron chi connectivity index (χ2n) is 3.44. The number of aromatic amines is 1. The Balaban J connectivity index is 2.27. The molecule has 0 spiro atoms. The molecular weight excluding hydrogens is 432 g/mol. The highest BCUT2D eigenvalue weighted by Crippen LogP contribution is 2.34. The van der Waals surface area contributed by atoms with Gasteiger partial charge in [-0.25, -0.2) is 4.98 Å². The van der Waals surface area contributed by atoms with Crippen molar-refractivity contribution in [2.45, 2.75) is 6.92 Å².